The van der Waals surface area contributed by atoms with Crippen molar-refractivity contribution in [2.75, 3.05) is 5.73 Å². The minimum absolute atomic E-state index is 0.191. The molecule has 4 nitrogen and oxygen atoms in total. The molecule has 0 radical (unpaired) electrons. The van der Waals surface area contributed by atoms with E-state index in [2.05, 4.69) is 9.97 Å². The van der Waals surface area contributed by atoms with Gasteiger partial charge >= 0.3 is 0 Å². The molecule has 2 aromatic rings. The van der Waals surface area contributed by atoms with Crippen molar-refractivity contribution in [1.29, 1.82) is 0 Å². The van der Waals surface area contributed by atoms with Crippen molar-refractivity contribution in [3.05, 3.63) is 30.2 Å². The molecule has 66 valence electrons. The van der Waals surface area contributed by atoms with Crippen LogP contribution in [-0.2, 0) is 0 Å². The van der Waals surface area contributed by atoms with Gasteiger partial charge in [0.25, 0.3) is 6.01 Å². The maximum Gasteiger partial charge on any atom is 0.292 e. The van der Waals surface area contributed by atoms with Crippen LogP contribution in [0.5, 0.6) is 0 Å². The van der Waals surface area contributed by atoms with Crippen molar-refractivity contribution < 1.29 is 4.42 Å². The third kappa shape index (κ3) is 1.38. The van der Waals surface area contributed by atoms with Gasteiger partial charge in [-0.3, -0.25) is 4.98 Å². The summed E-state index contributed by atoms with van der Waals surface area (Å²) in [7, 11) is 0. The molecule has 0 fully saturated rings. The summed E-state index contributed by atoms with van der Waals surface area (Å²) in [4.78, 5) is 7.95. The number of aryl methyl sites for hydroxylation is 1. The lowest BCUT2D eigenvalue weighted by Crippen LogP contribution is -1.81. The molecule has 4 heteroatoms. The van der Waals surface area contributed by atoms with Crippen molar-refractivity contribution in [2.45, 2.75) is 6.92 Å². The third-order valence-electron chi connectivity index (χ3n) is 1.74. The Labute approximate surface area is 75.4 Å². The smallest absolute Gasteiger partial charge is 0.292 e. The van der Waals surface area contributed by atoms with Crippen molar-refractivity contribution in [3.8, 4) is 11.3 Å². The number of nitrogens with zero attached hydrogens (tertiary/aromatic N) is 2. The Bertz CT molecular complexity index is 408. The van der Waals surface area contributed by atoms with Gasteiger partial charge in [-0.05, 0) is 19.1 Å². The fourth-order valence-electron chi connectivity index (χ4n) is 1.18. The molecule has 0 unspecified atom stereocenters. The summed E-state index contributed by atoms with van der Waals surface area (Å²) in [5, 5.41) is 0. The van der Waals surface area contributed by atoms with Gasteiger partial charge in [-0.15, -0.1) is 0 Å². The van der Waals surface area contributed by atoms with E-state index in [1.54, 1.807) is 12.4 Å². The maximum absolute atomic E-state index is 5.42. The van der Waals surface area contributed by atoms with Gasteiger partial charge in [-0.2, -0.15) is 4.98 Å². The van der Waals surface area contributed by atoms with Gasteiger partial charge in [0, 0.05) is 18.0 Å². The van der Waals surface area contributed by atoms with Gasteiger partial charge in [0.2, 0.25) is 0 Å². The Morgan fingerprint density at radius 3 is 2.85 bits per heavy atom. The van der Waals surface area contributed by atoms with Crippen LogP contribution in [0.1, 0.15) is 5.69 Å². The topological polar surface area (TPSA) is 64.9 Å². The molecule has 2 aromatic heterocycles. The second-order valence-electron chi connectivity index (χ2n) is 2.71. The van der Waals surface area contributed by atoms with E-state index >= 15 is 0 Å². The van der Waals surface area contributed by atoms with Crippen LogP contribution in [0.15, 0.2) is 28.9 Å². The van der Waals surface area contributed by atoms with E-state index in [0.29, 0.717) is 5.76 Å². The van der Waals surface area contributed by atoms with Crippen LogP contribution in [-0.4, -0.2) is 9.97 Å². The zero-order chi connectivity index (χ0) is 9.26. The number of anilines is 1. The van der Waals surface area contributed by atoms with E-state index in [0.717, 1.165) is 11.3 Å². The zero-order valence-electron chi connectivity index (χ0n) is 7.19. The highest BCUT2D eigenvalue weighted by atomic mass is 16.4. The summed E-state index contributed by atoms with van der Waals surface area (Å²) in [6, 6.07) is 3.93. The van der Waals surface area contributed by atoms with Gasteiger partial charge in [0.05, 0.1) is 5.69 Å². The molecular formula is C9H9N3O. The molecule has 0 spiro atoms. The highest BCUT2D eigenvalue weighted by Crippen LogP contribution is 2.23. The van der Waals surface area contributed by atoms with E-state index in [-0.39, 0.29) is 6.01 Å². The second kappa shape index (κ2) is 2.90. The van der Waals surface area contributed by atoms with Gasteiger partial charge in [-0.25, -0.2) is 0 Å². The number of oxazole rings is 1. The van der Waals surface area contributed by atoms with Crippen LogP contribution in [0.3, 0.4) is 0 Å². The van der Waals surface area contributed by atoms with Crippen LogP contribution >= 0.6 is 0 Å². The zero-order valence-corrected chi connectivity index (χ0v) is 7.19. The lowest BCUT2D eigenvalue weighted by Gasteiger charge is -1.94. The first-order chi connectivity index (χ1) is 6.27. The third-order valence-corrected chi connectivity index (χ3v) is 1.74. The van der Waals surface area contributed by atoms with Crippen LogP contribution in [0, 0.1) is 6.92 Å². The van der Waals surface area contributed by atoms with Gasteiger partial charge in [-0.1, -0.05) is 0 Å². The fraction of sp³-hybridized carbons (Fsp3) is 0.111. The molecule has 0 saturated heterocycles. The van der Waals surface area contributed by atoms with Crippen LogP contribution in [0.2, 0.25) is 0 Å². The number of aromatic nitrogens is 2. The van der Waals surface area contributed by atoms with Crippen LogP contribution in [0.25, 0.3) is 11.3 Å². The van der Waals surface area contributed by atoms with Crippen molar-refractivity contribution in [2.24, 2.45) is 0 Å². The highest BCUT2D eigenvalue weighted by Gasteiger charge is 2.08. The van der Waals surface area contributed by atoms with Crippen molar-refractivity contribution in [3.63, 3.8) is 0 Å². The first kappa shape index (κ1) is 7.79. The SMILES string of the molecule is Cc1nc(N)oc1-c1cccnc1. The van der Waals surface area contributed by atoms with Crippen molar-refractivity contribution in [1.82, 2.24) is 9.97 Å². The standard InChI is InChI=1S/C9H9N3O/c1-6-8(13-9(10)12-6)7-3-2-4-11-5-7/h2-5H,1H3,(H2,10,12). The van der Waals surface area contributed by atoms with Crippen LogP contribution in [0.4, 0.5) is 6.01 Å². The molecule has 0 aromatic carbocycles. The van der Waals surface area contributed by atoms with Gasteiger partial charge < -0.3 is 10.2 Å². The molecule has 0 bridgehead atoms. The first-order valence-corrected chi connectivity index (χ1v) is 3.90. The summed E-state index contributed by atoms with van der Waals surface area (Å²) in [5.74, 6) is 0.686. The molecule has 2 N–H and O–H groups in total. The Hall–Kier alpha value is -1.84. The van der Waals surface area contributed by atoms with Crippen LogP contribution < -0.4 is 5.73 Å². The summed E-state index contributed by atoms with van der Waals surface area (Å²) in [5.41, 5.74) is 7.09. The molecule has 0 amide bonds. The van der Waals surface area contributed by atoms with E-state index in [4.69, 9.17) is 10.2 Å². The Morgan fingerprint density at radius 2 is 2.31 bits per heavy atom. The monoisotopic (exact) mass is 175 g/mol. The average molecular weight is 175 g/mol. The van der Waals surface area contributed by atoms with Gasteiger partial charge in [0.15, 0.2) is 5.76 Å². The first-order valence-electron chi connectivity index (χ1n) is 3.90. The number of nitrogen functional groups attached to an aromatic ring is 1. The molecule has 0 aliphatic carbocycles. The average Bonchev–Trinajstić information content (AvgIpc) is 2.47. The number of nitrogens with two attached hydrogens (primary N) is 1. The van der Waals surface area contributed by atoms with Crippen molar-refractivity contribution >= 4 is 6.01 Å². The summed E-state index contributed by atoms with van der Waals surface area (Å²) in [6.07, 6.45) is 3.42. The molecular weight excluding hydrogens is 166 g/mol. The van der Waals surface area contributed by atoms with E-state index < -0.39 is 0 Å². The lowest BCUT2D eigenvalue weighted by molar-refractivity contribution is 0.594. The minimum Gasteiger partial charge on any atom is -0.423 e. The quantitative estimate of drug-likeness (QED) is 0.715. The van der Waals surface area contributed by atoms with E-state index in [9.17, 15) is 0 Å². The second-order valence-corrected chi connectivity index (χ2v) is 2.71. The Kier molecular flexibility index (Phi) is 1.73. The summed E-state index contributed by atoms with van der Waals surface area (Å²) in [6.45, 7) is 1.85. The number of pyridine rings is 1. The van der Waals surface area contributed by atoms with E-state index in [1.165, 1.54) is 0 Å². The number of hydrogen-bond donors (Lipinski definition) is 1. The Morgan fingerprint density at radius 1 is 1.46 bits per heavy atom. The lowest BCUT2D eigenvalue weighted by atomic mass is 10.2. The van der Waals surface area contributed by atoms with E-state index in [1.807, 2.05) is 19.1 Å². The molecule has 2 heterocycles. The largest absolute Gasteiger partial charge is 0.423 e. The molecule has 0 aliphatic rings. The Balaban J connectivity index is 2.53. The molecule has 0 aliphatic heterocycles. The molecule has 2 rings (SSSR count). The summed E-state index contributed by atoms with van der Waals surface area (Å²) >= 11 is 0. The minimum atomic E-state index is 0.191. The predicted octanol–water partition coefficient (Wildman–Crippen LogP) is 1.63. The summed E-state index contributed by atoms with van der Waals surface area (Å²) < 4.78 is 5.23. The molecule has 0 saturated carbocycles. The number of hydrogen-bond acceptors (Lipinski definition) is 4. The fourth-order valence-corrected chi connectivity index (χ4v) is 1.18. The van der Waals surface area contributed by atoms with Gasteiger partial charge in [0.1, 0.15) is 0 Å². The number of rotatable bonds is 1. The highest BCUT2D eigenvalue weighted by molar-refractivity contribution is 5.59. The molecule has 13 heavy (non-hydrogen) atoms. The predicted molar refractivity (Wildman–Crippen MR) is 48.9 cm³/mol. The maximum atomic E-state index is 5.42. The molecule has 0 atom stereocenters. The normalized spacial score (nSPS) is 10.2.